The van der Waals surface area contributed by atoms with Gasteiger partial charge in [0.25, 0.3) is 0 Å². The molecule has 0 aromatic heterocycles. The Hall–Kier alpha value is -1.92. The van der Waals surface area contributed by atoms with Gasteiger partial charge in [-0.25, -0.2) is 0 Å². The van der Waals surface area contributed by atoms with Gasteiger partial charge in [0.15, 0.2) is 0 Å². The lowest BCUT2D eigenvalue weighted by Gasteiger charge is -2.08. The van der Waals surface area contributed by atoms with Crippen LogP contribution in [0.15, 0.2) is 24.3 Å². The van der Waals surface area contributed by atoms with Crippen molar-refractivity contribution >= 4 is 17.5 Å². The molecule has 1 aromatic carbocycles. The van der Waals surface area contributed by atoms with E-state index < -0.39 is 0 Å². The number of amides is 2. The predicted octanol–water partition coefficient (Wildman–Crippen LogP) is 2.14. The van der Waals surface area contributed by atoms with E-state index in [1.165, 1.54) is 5.56 Å². The molecule has 1 aromatic rings. The van der Waals surface area contributed by atoms with Crippen molar-refractivity contribution in [1.29, 1.82) is 0 Å². The fourth-order valence-electron chi connectivity index (χ4n) is 1.97. The quantitative estimate of drug-likeness (QED) is 0.573. The molecule has 2 amide bonds. The van der Waals surface area contributed by atoms with Gasteiger partial charge in [0.2, 0.25) is 11.8 Å². The van der Waals surface area contributed by atoms with Crippen molar-refractivity contribution in [2.45, 2.75) is 33.1 Å². The zero-order valence-corrected chi connectivity index (χ0v) is 14.6. The Labute approximate surface area is 143 Å². The number of ether oxygens (including phenoxy) is 2. The van der Waals surface area contributed by atoms with Crippen LogP contribution < -0.4 is 10.6 Å². The number of carbonyl (C=O) groups excluding carboxylic acids is 2. The Balaban J connectivity index is 2.06. The van der Waals surface area contributed by atoms with E-state index in [0.29, 0.717) is 6.54 Å². The zero-order chi connectivity index (χ0) is 17.6. The van der Waals surface area contributed by atoms with Crippen molar-refractivity contribution in [3.8, 4) is 0 Å². The Bertz CT molecular complexity index is 506. The molecule has 0 spiro atoms. The third-order valence-corrected chi connectivity index (χ3v) is 3.31. The molecule has 6 nitrogen and oxygen atoms in total. The standard InChI is InChI=1S/C18H28N2O4/c1-3-5-9-19-17(21)13-23-10-11-24-14-18(22)20-16-8-6-7-15(4-2)12-16/h6-8,12H,3-5,9-11,13-14H2,1-2H3,(H,19,21)(H,20,22). The maximum atomic E-state index is 11.8. The van der Waals surface area contributed by atoms with Crippen LogP contribution in [0.5, 0.6) is 0 Å². The van der Waals surface area contributed by atoms with E-state index in [4.69, 9.17) is 9.47 Å². The third-order valence-electron chi connectivity index (χ3n) is 3.31. The largest absolute Gasteiger partial charge is 0.369 e. The van der Waals surface area contributed by atoms with Crippen molar-refractivity contribution in [2.24, 2.45) is 0 Å². The molecule has 0 aliphatic heterocycles. The second kappa shape index (κ2) is 12.5. The van der Waals surface area contributed by atoms with Gasteiger partial charge in [-0.3, -0.25) is 9.59 Å². The number of hydrogen-bond acceptors (Lipinski definition) is 4. The minimum atomic E-state index is -0.208. The maximum absolute atomic E-state index is 11.8. The van der Waals surface area contributed by atoms with Gasteiger partial charge in [-0.1, -0.05) is 32.4 Å². The van der Waals surface area contributed by atoms with Gasteiger partial charge in [-0.2, -0.15) is 0 Å². The Morgan fingerprint density at radius 2 is 1.75 bits per heavy atom. The molecule has 0 atom stereocenters. The van der Waals surface area contributed by atoms with E-state index in [2.05, 4.69) is 24.5 Å². The smallest absolute Gasteiger partial charge is 0.250 e. The number of benzene rings is 1. The summed E-state index contributed by atoms with van der Waals surface area (Å²) in [5.74, 6) is -0.336. The lowest BCUT2D eigenvalue weighted by atomic mass is 10.1. The normalized spacial score (nSPS) is 10.4. The summed E-state index contributed by atoms with van der Waals surface area (Å²) < 4.78 is 10.4. The van der Waals surface area contributed by atoms with Gasteiger partial charge in [0, 0.05) is 12.2 Å². The zero-order valence-electron chi connectivity index (χ0n) is 14.6. The highest BCUT2D eigenvalue weighted by Crippen LogP contribution is 2.10. The molecule has 0 unspecified atom stereocenters. The topological polar surface area (TPSA) is 76.7 Å². The number of anilines is 1. The number of aryl methyl sites for hydroxylation is 1. The average Bonchev–Trinajstić information content (AvgIpc) is 2.58. The summed E-state index contributed by atoms with van der Waals surface area (Å²) >= 11 is 0. The van der Waals surface area contributed by atoms with Crippen LogP contribution in [0.1, 0.15) is 32.3 Å². The van der Waals surface area contributed by atoms with Crippen LogP contribution in [0.4, 0.5) is 5.69 Å². The number of carbonyl (C=O) groups is 2. The predicted molar refractivity (Wildman–Crippen MR) is 94.0 cm³/mol. The van der Waals surface area contributed by atoms with Gasteiger partial charge in [0.05, 0.1) is 13.2 Å². The molecule has 1 rings (SSSR count). The molecular weight excluding hydrogens is 308 g/mol. The summed E-state index contributed by atoms with van der Waals surface area (Å²) in [6.45, 7) is 5.33. The Morgan fingerprint density at radius 1 is 1.04 bits per heavy atom. The molecule has 0 saturated carbocycles. The summed E-state index contributed by atoms with van der Waals surface area (Å²) in [6.07, 6.45) is 2.93. The molecule has 0 bridgehead atoms. The number of hydrogen-bond donors (Lipinski definition) is 2. The van der Waals surface area contributed by atoms with E-state index in [1.807, 2.05) is 24.3 Å². The molecule has 24 heavy (non-hydrogen) atoms. The van der Waals surface area contributed by atoms with E-state index in [0.717, 1.165) is 24.9 Å². The first-order chi connectivity index (χ1) is 11.7. The minimum Gasteiger partial charge on any atom is -0.369 e. The molecule has 0 aliphatic carbocycles. The highest BCUT2D eigenvalue weighted by molar-refractivity contribution is 5.91. The van der Waals surface area contributed by atoms with Crippen LogP contribution in [0, 0.1) is 0 Å². The Kier molecular flexibility index (Phi) is 10.5. The summed E-state index contributed by atoms with van der Waals surface area (Å²) in [4.78, 5) is 23.1. The van der Waals surface area contributed by atoms with Gasteiger partial charge in [-0.05, 0) is 30.5 Å². The van der Waals surface area contributed by atoms with E-state index >= 15 is 0 Å². The van der Waals surface area contributed by atoms with Gasteiger partial charge < -0.3 is 20.1 Å². The van der Waals surface area contributed by atoms with Crippen LogP contribution in [0.25, 0.3) is 0 Å². The molecule has 134 valence electrons. The van der Waals surface area contributed by atoms with Crippen molar-refractivity contribution in [1.82, 2.24) is 5.32 Å². The average molecular weight is 336 g/mol. The second-order valence-corrected chi connectivity index (χ2v) is 5.41. The first-order valence-corrected chi connectivity index (χ1v) is 8.46. The van der Waals surface area contributed by atoms with E-state index in [9.17, 15) is 9.59 Å². The fraction of sp³-hybridized carbons (Fsp3) is 0.556. The number of nitrogens with one attached hydrogen (secondary N) is 2. The minimum absolute atomic E-state index is 0.0169. The molecular formula is C18H28N2O4. The SMILES string of the molecule is CCCCNC(=O)COCCOCC(=O)Nc1cccc(CC)c1. The van der Waals surface area contributed by atoms with Crippen LogP contribution in [-0.2, 0) is 25.5 Å². The monoisotopic (exact) mass is 336 g/mol. The van der Waals surface area contributed by atoms with Gasteiger partial charge in [-0.15, -0.1) is 0 Å². The molecule has 2 N–H and O–H groups in total. The lowest BCUT2D eigenvalue weighted by Crippen LogP contribution is -2.29. The molecule has 0 radical (unpaired) electrons. The first-order valence-electron chi connectivity index (χ1n) is 8.46. The van der Waals surface area contributed by atoms with Crippen LogP contribution in [0.2, 0.25) is 0 Å². The van der Waals surface area contributed by atoms with Crippen molar-refractivity contribution < 1.29 is 19.1 Å². The molecule has 0 fully saturated rings. The summed E-state index contributed by atoms with van der Waals surface area (Å²) in [7, 11) is 0. The van der Waals surface area contributed by atoms with Crippen LogP contribution in [-0.4, -0.2) is 44.8 Å². The van der Waals surface area contributed by atoms with Crippen molar-refractivity contribution in [2.75, 3.05) is 38.3 Å². The number of unbranched alkanes of at least 4 members (excludes halogenated alkanes) is 1. The first kappa shape index (κ1) is 20.1. The molecule has 0 heterocycles. The molecule has 0 saturated heterocycles. The second-order valence-electron chi connectivity index (χ2n) is 5.41. The molecule has 6 heteroatoms. The maximum Gasteiger partial charge on any atom is 0.250 e. The van der Waals surface area contributed by atoms with E-state index in [-0.39, 0.29) is 38.2 Å². The van der Waals surface area contributed by atoms with Crippen molar-refractivity contribution in [3.63, 3.8) is 0 Å². The lowest BCUT2D eigenvalue weighted by molar-refractivity contribution is -0.127. The van der Waals surface area contributed by atoms with Crippen LogP contribution in [0.3, 0.4) is 0 Å². The van der Waals surface area contributed by atoms with Crippen molar-refractivity contribution in [3.05, 3.63) is 29.8 Å². The van der Waals surface area contributed by atoms with Crippen LogP contribution >= 0.6 is 0 Å². The highest BCUT2D eigenvalue weighted by atomic mass is 16.5. The fourth-order valence-corrected chi connectivity index (χ4v) is 1.97. The molecule has 0 aliphatic rings. The number of rotatable bonds is 12. The van der Waals surface area contributed by atoms with Gasteiger partial charge in [0.1, 0.15) is 13.2 Å². The third kappa shape index (κ3) is 9.27. The summed E-state index contributed by atoms with van der Waals surface area (Å²) in [6, 6.07) is 7.71. The van der Waals surface area contributed by atoms with Gasteiger partial charge >= 0.3 is 0 Å². The summed E-state index contributed by atoms with van der Waals surface area (Å²) in [5, 5.41) is 5.55. The highest BCUT2D eigenvalue weighted by Gasteiger charge is 2.04. The summed E-state index contributed by atoms with van der Waals surface area (Å²) in [5.41, 5.74) is 1.93. The van der Waals surface area contributed by atoms with E-state index in [1.54, 1.807) is 0 Å². The Morgan fingerprint density at radius 3 is 2.42 bits per heavy atom.